The molecule has 0 unspecified atom stereocenters. The molecule has 2 heterocycles. The number of anilines is 1. The second kappa shape index (κ2) is 4.12. The number of aromatic nitrogens is 1. The normalized spacial score (nSPS) is 14.9. The lowest BCUT2D eigenvalue weighted by Gasteiger charge is -2.28. The van der Waals surface area contributed by atoms with Crippen LogP contribution in [-0.4, -0.2) is 29.0 Å². The molecular formula is C9H9N5O2. The zero-order valence-corrected chi connectivity index (χ0v) is 8.30. The van der Waals surface area contributed by atoms with E-state index in [-0.39, 0.29) is 17.4 Å². The maximum Gasteiger partial charge on any atom is 0.305 e. The molecular weight excluding hydrogens is 210 g/mol. The molecule has 1 saturated heterocycles. The van der Waals surface area contributed by atoms with E-state index >= 15 is 0 Å². The zero-order chi connectivity index (χ0) is 11.5. The summed E-state index contributed by atoms with van der Waals surface area (Å²) in [6, 6.07) is 4.80. The summed E-state index contributed by atoms with van der Waals surface area (Å²) >= 11 is 0. The van der Waals surface area contributed by atoms with Gasteiger partial charge in [0, 0.05) is 19.2 Å². The number of hydrogen-bond acceptors (Lipinski definition) is 6. The van der Waals surface area contributed by atoms with Crippen molar-refractivity contribution in [1.29, 1.82) is 5.26 Å². The molecule has 1 fully saturated rings. The van der Waals surface area contributed by atoms with E-state index in [9.17, 15) is 10.1 Å². The summed E-state index contributed by atoms with van der Waals surface area (Å²) in [4.78, 5) is 13.8. The van der Waals surface area contributed by atoms with Gasteiger partial charge >= 0.3 is 5.69 Å². The van der Waals surface area contributed by atoms with Crippen molar-refractivity contribution in [1.82, 2.24) is 10.3 Å². The summed E-state index contributed by atoms with van der Waals surface area (Å²) < 4.78 is 0. The van der Waals surface area contributed by atoms with Gasteiger partial charge in [-0.1, -0.05) is 0 Å². The fourth-order valence-electron chi connectivity index (χ4n) is 1.36. The van der Waals surface area contributed by atoms with E-state index in [1.54, 1.807) is 6.07 Å². The lowest BCUT2D eigenvalue weighted by molar-refractivity contribution is -0.385. The number of nitriles is 1. The largest absolute Gasteiger partial charge is 0.365 e. The molecule has 82 valence electrons. The minimum Gasteiger partial charge on any atom is -0.365 e. The molecule has 0 radical (unpaired) electrons. The Hall–Kier alpha value is -2.20. The first-order chi connectivity index (χ1) is 7.70. The third-order valence-electron chi connectivity index (χ3n) is 2.31. The van der Waals surface area contributed by atoms with Crippen molar-refractivity contribution in [2.75, 3.05) is 18.4 Å². The maximum absolute atomic E-state index is 10.6. The summed E-state index contributed by atoms with van der Waals surface area (Å²) in [7, 11) is 0. The first-order valence-corrected chi connectivity index (χ1v) is 4.73. The van der Waals surface area contributed by atoms with Crippen LogP contribution in [0.5, 0.6) is 0 Å². The van der Waals surface area contributed by atoms with Gasteiger partial charge in [0.05, 0.1) is 11.0 Å². The van der Waals surface area contributed by atoms with Crippen LogP contribution in [0.2, 0.25) is 0 Å². The minimum atomic E-state index is -0.611. The lowest BCUT2D eigenvalue weighted by atomic mass is 10.2. The van der Waals surface area contributed by atoms with Gasteiger partial charge in [0.15, 0.2) is 0 Å². The van der Waals surface area contributed by atoms with E-state index < -0.39 is 4.92 Å². The Kier molecular flexibility index (Phi) is 2.66. The molecule has 0 aromatic carbocycles. The number of rotatable bonds is 3. The second-order valence-corrected chi connectivity index (χ2v) is 3.43. The molecule has 0 aliphatic carbocycles. The predicted molar refractivity (Wildman–Crippen MR) is 55.9 cm³/mol. The molecule has 2 rings (SSSR count). The Balaban J connectivity index is 2.22. The number of hydrogen-bond donors (Lipinski definition) is 2. The van der Waals surface area contributed by atoms with Crippen molar-refractivity contribution >= 4 is 11.5 Å². The van der Waals surface area contributed by atoms with Gasteiger partial charge in [-0.2, -0.15) is 5.26 Å². The van der Waals surface area contributed by atoms with Gasteiger partial charge in [-0.3, -0.25) is 10.1 Å². The van der Waals surface area contributed by atoms with Gasteiger partial charge in [0.2, 0.25) is 5.69 Å². The molecule has 0 atom stereocenters. The lowest BCUT2D eigenvalue weighted by Crippen LogP contribution is -2.51. The van der Waals surface area contributed by atoms with Crippen molar-refractivity contribution in [3.05, 3.63) is 27.9 Å². The van der Waals surface area contributed by atoms with Crippen molar-refractivity contribution in [3.8, 4) is 6.07 Å². The monoisotopic (exact) mass is 219 g/mol. The predicted octanol–water partition coefficient (Wildman–Crippen LogP) is 0.245. The Morgan fingerprint density at radius 3 is 2.88 bits per heavy atom. The van der Waals surface area contributed by atoms with Crippen LogP contribution in [0.15, 0.2) is 12.1 Å². The molecule has 0 spiro atoms. The number of nitrogens with zero attached hydrogens (tertiary/aromatic N) is 3. The van der Waals surface area contributed by atoms with Crippen LogP contribution in [0, 0.1) is 21.4 Å². The highest BCUT2D eigenvalue weighted by atomic mass is 16.6. The molecule has 1 aliphatic rings. The average Bonchev–Trinajstić information content (AvgIpc) is 2.23. The molecule has 7 heteroatoms. The molecule has 1 aromatic rings. The average molecular weight is 219 g/mol. The summed E-state index contributed by atoms with van der Waals surface area (Å²) in [5, 5.41) is 25.5. The van der Waals surface area contributed by atoms with Gasteiger partial charge < -0.3 is 10.6 Å². The van der Waals surface area contributed by atoms with Crippen LogP contribution in [0.3, 0.4) is 0 Å². The molecule has 1 aliphatic heterocycles. The summed E-state index contributed by atoms with van der Waals surface area (Å²) in [6.07, 6.45) is 0. The molecule has 0 saturated carbocycles. The maximum atomic E-state index is 10.6. The highest BCUT2D eigenvalue weighted by Gasteiger charge is 2.19. The Bertz CT molecular complexity index is 463. The fourth-order valence-corrected chi connectivity index (χ4v) is 1.36. The topological polar surface area (TPSA) is 104 Å². The molecule has 1 aromatic heterocycles. The smallest absolute Gasteiger partial charge is 0.305 e. The minimum absolute atomic E-state index is 0.165. The van der Waals surface area contributed by atoms with Gasteiger partial charge in [-0.25, -0.2) is 4.98 Å². The number of nitrogens with one attached hydrogen (secondary N) is 2. The van der Waals surface area contributed by atoms with Crippen LogP contribution < -0.4 is 10.6 Å². The van der Waals surface area contributed by atoms with E-state index in [0.717, 1.165) is 13.1 Å². The van der Waals surface area contributed by atoms with Gasteiger partial charge in [0.1, 0.15) is 11.9 Å². The molecule has 0 bridgehead atoms. The first kappa shape index (κ1) is 10.3. The fraction of sp³-hybridized carbons (Fsp3) is 0.333. The Labute approximate surface area is 91.3 Å². The van der Waals surface area contributed by atoms with E-state index in [1.807, 2.05) is 0 Å². The quantitative estimate of drug-likeness (QED) is 0.557. The van der Waals surface area contributed by atoms with Gasteiger partial charge in [-0.05, 0) is 6.07 Å². The van der Waals surface area contributed by atoms with Crippen molar-refractivity contribution < 1.29 is 4.92 Å². The molecule has 7 nitrogen and oxygen atoms in total. The summed E-state index contributed by atoms with van der Waals surface area (Å²) in [5.41, 5.74) is -0.429. The summed E-state index contributed by atoms with van der Waals surface area (Å²) in [5.74, 6) is 0.494. The van der Waals surface area contributed by atoms with Crippen LogP contribution in [0.4, 0.5) is 11.5 Å². The van der Waals surface area contributed by atoms with Crippen LogP contribution >= 0.6 is 0 Å². The highest BCUT2D eigenvalue weighted by molar-refractivity contribution is 5.50. The second-order valence-electron chi connectivity index (χ2n) is 3.43. The van der Waals surface area contributed by atoms with E-state index in [4.69, 9.17) is 5.26 Å². The first-order valence-electron chi connectivity index (χ1n) is 4.73. The van der Waals surface area contributed by atoms with Crippen LogP contribution in [0.1, 0.15) is 5.69 Å². The van der Waals surface area contributed by atoms with Crippen molar-refractivity contribution in [2.45, 2.75) is 6.04 Å². The van der Waals surface area contributed by atoms with E-state index in [1.165, 1.54) is 12.1 Å². The Morgan fingerprint density at radius 2 is 2.38 bits per heavy atom. The number of nitro groups is 1. The third-order valence-corrected chi connectivity index (χ3v) is 2.31. The Morgan fingerprint density at radius 1 is 1.62 bits per heavy atom. The highest BCUT2D eigenvalue weighted by Crippen LogP contribution is 2.18. The van der Waals surface area contributed by atoms with Crippen LogP contribution in [0.25, 0.3) is 0 Å². The molecule has 16 heavy (non-hydrogen) atoms. The van der Waals surface area contributed by atoms with E-state index in [2.05, 4.69) is 15.6 Å². The summed E-state index contributed by atoms with van der Waals surface area (Å²) in [6.45, 7) is 1.67. The zero-order valence-electron chi connectivity index (χ0n) is 8.30. The van der Waals surface area contributed by atoms with Crippen molar-refractivity contribution in [2.24, 2.45) is 0 Å². The number of pyridine rings is 1. The molecule has 2 N–H and O–H groups in total. The van der Waals surface area contributed by atoms with Gasteiger partial charge in [0.25, 0.3) is 0 Å². The standard InChI is InChI=1S/C9H9N5O2/c10-3-7-8(14(15)16)1-2-9(13-7)12-6-4-11-5-6/h1-2,6,11H,4-5H2,(H,12,13). The van der Waals surface area contributed by atoms with E-state index in [0.29, 0.717) is 5.82 Å². The third kappa shape index (κ3) is 1.92. The SMILES string of the molecule is N#Cc1nc(NC2CNC2)ccc1[N+](=O)[O-]. The van der Waals surface area contributed by atoms with Gasteiger partial charge in [-0.15, -0.1) is 0 Å². The molecule has 0 amide bonds. The van der Waals surface area contributed by atoms with Crippen LogP contribution in [-0.2, 0) is 0 Å². The van der Waals surface area contributed by atoms with Crippen molar-refractivity contribution in [3.63, 3.8) is 0 Å².